The van der Waals surface area contributed by atoms with Crippen molar-refractivity contribution in [1.82, 2.24) is 9.97 Å². The minimum Gasteiger partial charge on any atom is -0.454 e. The molecule has 9 aromatic rings. The minimum atomic E-state index is -0.280. The zero-order chi connectivity index (χ0) is 34.1. The number of aromatic nitrogens is 2. The van der Waals surface area contributed by atoms with Gasteiger partial charge < -0.3 is 9.32 Å². The van der Waals surface area contributed by atoms with Crippen molar-refractivity contribution in [1.29, 1.82) is 0 Å². The summed E-state index contributed by atoms with van der Waals surface area (Å²) in [4.78, 5) is 12.5. The lowest BCUT2D eigenvalue weighted by atomic mass is 9.71. The first kappa shape index (κ1) is 29.4. The molecule has 1 aliphatic rings. The number of furan rings is 1. The first-order chi connectivity index (χ1) is 25.1. The smallest absolute Gasteiger partial charge is 0.160 e. The van der Waals surface area contributed by atoms with Gasteiger partial charge in [-0.15, -0.1) is 0 Å². The molecule has 2 aromatic heterocycles. The van der Waals surface area contributed by atoms with Gasteiger partial charge in [0, 0.05) is 38.6 Å². The molecule has 0 spiro atoms. The summed E-state index contributed by atoms with van der Waals surface area (Å²) < 4.78 is 6.86. The lowest BCUT2D eigenvalue weighted by molar-refractivity contribution is 0.629. The van der Waals surface area contributed by atoms with Gasteiger partial charge in [0.1, 0.15) is 5.58 Å². The Kier molecular flexibility index (Phi) is 6.49. The molecule has 0 radical (unpaired) electrons. The van der Waals surface area contributed by atoms with Crippen LogP contribution in [0.5, 0.6) is 0 Å². The lowest BCUT2D eigenvalue weighted by Crippen LogP contribution is -2.31. The van der Waals surface area contributed by atoms with Gasteiger partial charge in [0.2, 0.25) is 0 Å². The molecule has 242 valence electrons. The summed E-state index contributed by atoms with van der Waals surface area (Å²) in [6, 6.07) is 57.4. The molecule has 1 aliphatic heterocycles. The quantitative estimate of drug-likeness (QED) is 0.189. The van der Waals surface area contributed by atoms with E-state index in [-0.39, 0.29) is 5.41 Å². The fraction of sp³-hybridized carbons (Fsp3) is 0.0638. The molecule has 7 aromatic carbocycles. The highest BCUT2D eigenvalue weighted by Gasteiger charge is 2.40. The van der Waals surface area contributed by atoms with E-state index in [4.69, 9.17) is 14.4 Å². The van der Waals surface area contributed by atoms with Crippen molar-refractivity contribution in [3.05, 3.63) is 175 Å². The monoisotopic (exact) mass is 655 g/mol. The van der Waals surface area contributed by atoms with Gasteiger partial charge in [-0.1, -0.05) is 147 Å². The summed E-state index contributed by atoms with van der Waals surface area (Å²) in [5.41, 5.74) is 12.2. The van der Waals surface area contributed by atoms with Gasteiger partial charge >= 0.3 is 0 Å². The Bertz CT molecular complexity index is 2710. The Morgan fingerprint density at radius 2 is 1.10 bits per heavy atom. The number of para-hydroxylation sites is 2. The van der Waals surface area contributed by atoms with Crippen molar-refractivity contribution >= 4 is 49.8 Å². The highest BCUT2D eigenvalue weighted by molar-refractivity contribution is 6.25. The van der Waals surface area contributed by atoms with Crippen LogP contribution in [0, 0.1) is 0 Å². The highest BCUT2D eigenvalue weighted by Crippen LogP contribution is 2.57. The zero-order valence-corrected chi connectivity index (χ0v) is 28.3. The van der Waals surface area contributed by atoms with Crippen molar-refractivity contribution in [3.8, 4) is 33.9 Å². The van der Waals surface area contributed by atoms with Gasteiger partial charge in [0.25, 0.3) is 0 Å². The van der Waals surface area contributed by atoms with Crippen LogP contribution in [-0.4, -0.2) is 9.97 Å². The van der Waals surface area contributed by atoms with Gasteiger partial charge in [-0.25, -0.2) is 9.97 Å². The lowest BCUT2D eigenvalue weighted by Gasteiger charge is -2.42. The van der Waals surface area contributed by atoms with E-state index in [0.717, 1.165) is 67.1 Å². The van der Waals surface area contributed by atoms with Crippen LogP contribution in [0.2, 0.25) is 0 Å². The van der Waals surface area contributed by atoms with E-state index in [2.05, 4.69) is 146 Å². The van der Waals surface area contributed by atoms with E-state index in [1.165, 1.54) is 21.9 Å². The van der Waals surface area contributed by atoms with E-state index in [1.54, 1.807) is 0 Å². The van der Waals surface area contributed by atoms with Crippen molar-refractivity contribution in [3.63, 3.8) is 0 Å². The van der Waals surface area contributed by atoms with Crippen LogP contribution in [0.4, 0.5) is 17.1 Å². The molecule has 3 heterocycles. The number of nitrogens with zero attached hydrogens (tertiary/aromatic N) is 3. The van der Waals surface area contributed by atoms with E-state index in [9.17, 15) is 0 Å². The molecule has 4 heteroatoms. The third-order valence-electron chi connectivity index (χ3n) is 10.4. The van der Waals surface area contributed by atoms with Gasteiger partial charge in [-0.3, -0.25) is 0 Å². The molecular formula is C47H33N3O. The molecule has 0 unspecified atom stereocenters. The second-order valence-electron chi connectivity index (χ2n) is 13.8. The van der Waals surface area contributed by atoms with Crippen LogP contribution in [-0.2, 0) is 5.41 Å². The Morgan fingerprint density at radius 3 is 1.82 bits per heavy atom. The molecule has 0 fully saturated rings. The summed E-state index contributed by atoms with van der Waals surface area (Å²) in [6.07, 6.45) is 0. The summed E-state index contributed by atoms with van der Waals surface area (Å²) in [5, 5.41) is 4.74. The maximum absolute atomic E-state index is 6.86. The first-order valence-corrected chi connectivity index (χ1v) is 17.4. The van der Waals surface area contributed by atoms with Crippen LogP contribution in [0.25, 0.3) is 66.6 Å². The molecule has 0 saturated heterocycles. The SMILES string of the molecule is CC1(C)c2ccccc2N(c2ccc(-c3cc(-c4ccccc4)nc(-c4ccccc4)n3)cc2)c2c1c1ccccc1c1c2oc2ccccc21. The molecule has 0 aliphatic carbocycles. The van der Waals surface area contributed by atoms with E-state index >= 15 is 0 Å². The van der Waals surface area contributed by atoms with Crippen LogP contribution in [0.15, 0.2) is 168 Å². The molecule has 4 nitrogen and oxygen atoms in total. The fourth-order valence-electron chi connectivity index (χ4n) is 8.06. The van der Waals surface area contributed by atoms with Gasteiger partial charge in [-0.05, 0) is 52.2 Å². The number of hydrogen-bond donors (Lipinski definition) is 0. The highest BCUT2D eigenvalue weighted by atomic mass is 16.3. The normalized spacial score (nSPS) is 13.4. The number of fused-ring (bicyclic) bond motifs is 9. The Hall–Kier alpha value is -6.52. The first-order valence-electron chi connectivity index (χ1n) is 17.4. The molecule has 0 saturated carbocycles. The van der Waals surface area contributed by atoms with Gasteiger partial charge in [0.15, 0.2) is 11.4 Å². The van der Waals surface area contributed by atoms with Crippen molar-refractivity contribution in [2.24, 2.45) is 0 Å². The molecule has 0 amide bonds. The molecule has 10 rings (SSSR count). The minimum absolute atomic E-state index is 0.280. The Balaban J connectivity index is 1.20. The summed E-state index contributed by atoms with van der Waals surface area (Å²) in [6.45, 7) is 4.69. The second-order valence-corrected chi connectivity index (χ2v) is 13.8. The molecular weight excluding hydrogens is 623 g/mol. The fourth-order valence-corrected chi connectivity index (χ4v) is 8.06. The average Bonchev–Trinajstić information content (AvgIpc) is 3.59. The maximum Gasteiger partial charge on any atom is 0.160 e. The number of hydrogen-bond acceptors (Lipinski definition) is 4. The van der Waals surface area contributed by atoms with E-state index in [0.29, 0.717) is 5.82 Å². The Morgan fingerprint density at radius 1 is 0.529 bits per heavy atom. The number of rotatable bonds is 4. The maximum atomic E-state index is 6.86. The van der Waals surface area contributed by atoms with Crippen molar-refractivity contribution in [2.45, 2.75) is 19.3 Å². The third kappa shape index (κ3) is 4.53. The molecule has 51 heavy (non-hydrogen) atoms. The zero-order valence-electron chi connectivity index (χ0n) is 28.3. The van der Waals surface area contributed by atoms with Crippen LogP contribution < -0.4 is 4.90 Å². The van der Waals surface area contributed by atoms with E-state index < -0.39 is 0 Å². The third-order valence-corrected chi connectivity index (χ3v) is 10.4. The average molecular weight is 656 g/mol. The van der Waals surface area contributed by atoms with Crippen molar-refractivity contribution < 1.29 is 4.42 Å². The van der Waals surface area contributed by atoms with Crippen molar-refractivity contribution in [2.75, 3.05) is 4.90 Å². The summed E-state index contributed by atoms with van der Waals surface area (Å²) >= 11 is 0. The van der Waals surface area contributed by atoms with Crippen LogP contribution in [0.1, 0.15) is 25.0 Å². The standard InChI is InChI=1S/C47H33N3O/c1-47(2)37-22-12-13-23-40(37)50(44-43(47)35-20-10-9-19-34(35)42-36-21-11-14-24-41(36)51-45(42)44)33-27-25-31(26-28-33)39-29-38(30-15-5-3-6-16-30)48-46(49-39)32-17-7-4-8-18-32/h3-29H,1-2H3. The predicted molar refractivity (Wildman–Crippen MR) is 210 cm³/mol. The summed E-state index contributed by atoms with van der Waals surface area (Å²) in [7, 11) is 0. The second kappa shape index (κ2) is 11.3. The Labute approximate surface area is 296 Å². The molecule has 0 atom stereocenters. The number of benzene rings is 7. The molecule has 0 N–H and O–H groups in total. The van der Waals surface area contributed by atoms with Gasteiger partial charge in [-0.2, -0.15) is 0 Å². The van der Waals surface area contributed by atoms with Crippen LogP contribution >= 0.6 is 0 Å². The van der Waals surface area contributed by atoms with Gasteiger partial charge in [0.05, 0.1) is 22.8 Å². The number of anilines is 3. The van der Waals surface area contributed by atoms with Crippen LogP contribution in [0.3, 0.4) is 0 Å². The topological polar surface area (TPSA) is 42.2 Å². The summed E-state index contributed by atoms with van der Waals surface area (Å²) in [5.74, 6) is 0.705. The largest absolute Gasteiger partial charge is 0.454 e. The predicted octanol–water partition coefficient (Wildman–Crippen LogP) is 12.6. The van der Waals surface area contributed by atoms with E-state index in [1.807, 2.05) is 36.4 Å². The molecule has 0 bridgehead atoms.